The zero-order chi connectivity index (χ0) is 9.30. The van der Waals surface area contributed by atoms with Crippen molar-refractivity contribution in [2.45, 2.75) is 13.8 Å². The molecule has 1 aromatic heterocycles. The Kier molecular flexibility index (Phi) is 2.01. The van der Waals surface area contributed by atoms with Crippen molar-refractivity contribution in [3.8, 4) is 6.07 Å². The minimum Gasteiger partial charge on any atom is -0.315 e. The van der Waals surface area contributed by atoms with Gasteiger partial charge in [0.25, 0.3) is 5.56 Å². The second-order valence-corrected chi connectivity index (χ2v) is 2.80. The van der Waals surface area contributed by atoms with Crippen LogP contribution in [0.2, 0.25) is 0 Å². The molecule has 12 heavy (non-hydrogen) atoms. The summed E-state index contributed by atoms with van der Waals surface area (Å²) in [5, 5.41) is 8.59. The first kappa shape index (κ1) is 8.54. The van der Waals surface area contributed by atoms with Gasteiger partial charge in [0.1, 0.15) is 11.6 Å². The Morgan fingerprint density at radius 1 is 1.50 bits per heavy atom. The van der Waals surface area contributed by atoms with Crippen molar-refractivity contribution in [1.29, 1.82) is 5.26 Å². The molecule has 0 aliphatic carbocycles. The molecule has 0 radical (unpaired) electrons. The molecular formula is C9H10N2O. The third-order valence-corrected chi connectivity index (χ3v) is 2.09. The van der Waals surface area contributed by atoms with Crippen LogP contribution in [0.3, 0.4) is 0 Å². The Morgan fingerprint density at radius 3 is 2.58 bits per heavy atom. The Balaban J connectivity index is 3.64. The molecule has 0 saturated carbocycles. The van der Waals surface area contributed by atoms with Crippen molar-refractivity contribution in [3.63, 3.8) is 0 Å². The predicted molar refractivity (Wildman–Crippen MR) is 45.9 cm³/mol. The minimum absolute atomic E-state index is 0.209. The van der Waals surface area contributed by atoms with Crippen LogP contribution in [-0.2, 0) is 7.05 Å². The molecule has 0 saturated heterocycles. The van der Waals surface area contributed by atoms with Crippen LogP contribution in [0.5, 0.6) is 0 Å². The smallest absolute Gasteiger partial charge is 0.268 e. The molecule has 3 heteroatoms. The Labute approximate surface area is 70.9 Å². The lowest BCUT2D eigenvalue weighted by molar-refractivity contribution is 0.804. The summed E-state index contributed by atoms with van der Waals surface area (Å²) in [5.74, 6) is 0. The average Bonchev–Trinajstić information content (AvgIpc) is 2.08. The lowest BCUT2D eigenvalue weighted by atomic mass is 10.1. The number of pyridine rings is 1. The van der Waals surface area contributed by atoms with Gasteiger partial charge in [-0.25, -0.2) is 0 Å². The van der Waals surface area contributed by atoms with Gasteiger partial charge < -0.3 is 4.57 Å². The molecule has 0 bridgehead atoms. The van der Waals surface area contributed by atoms with E-state index in [9.17, 15) is 4.79 Å². The first-order valence-corrected chi connectivity index (χ1v) is 3.65. The molecule has 0 aliphatic rings. The van der Waals surface area contributed by atoms with Gasteiger partial charge in [0.15, 0.2) is 0 Å². The maximum absolute atomic E-state index is 11.3. The summed E-state index contributed by atoms with van der Waals surface area (Å²) in [6, 6.07) is 3.49. The van der Waals surface area contributed by atoms with E-state index in [1.807, 2.05) is 19.9 Å². The molecule has 0 aromatic carbocycles. The lowest BCUT2D eigenvalue weighted by Crippen LogP contribution is -2.22. The van der Waals surface area contributed by atoms with E-state index in [1.54, 1.807) is 13.1 Å². The van der Waals surface area contributed by atoms with E-state index < -0.39 is 0 Å². The first-order valence-electron chi connectivity index (χ1n) is 3.65. The molecule has 0 atom stereocenters. The second kappa shape index (κ2) is 2.82. The number of aromatic nitrogens is 1. The van der Waals surface area contributed by atoms with Crippen molar-refractivity contribution >= 4 is 0 Å². The fraction of sp³-hybridized carbons (Fsp3) is 0.333. The number of hydrogen-bond acceptors (Lipinski definition) is 2. The van der Waals surface area contributed by atoms with Crippen LogP contribution >= 0.6 is 0 Å². The van der Waals surface area contributed by atoms with E-state index in [-0.39, 0.29) is 11.1 Å². The Hall–Kier alpha value is -1.56. The van der Waals surface area contributed by atoms with Gasteiger partial charge in [0.2, 0.25) is 0 Å². The number of rotatable bonds is 0. The van der Waals surface area contributed by atoms with E-state index in [2.05, 4.69) is 0 Å². The summed E-state index contributed by atoms with van der Waals surface area (Å²) >= 11 is 0. The molecule has 0 N–H and O–H groups in total. The number of nitriles is 1. The van der Waals surface area contributed by atoms with Crippen molar-refractivity contribution < 1.29 is 0 Å². The summed E-state index contributed by atoms with van der Waals surface area (Å²) in [7, 11) is 1.67. The molecule has 1 heterocycles. The van der Waals surface area contributed by atoms with Crippen LogP contribution in [0.4, 0.5) is 0 Å². The van der Waals surface area contributed by atoms with E-state index >= 15 is 0 Å². The highest BCUT2D eigenvalue weighted by Gasteiger charge is 2.04. The Morgan fingerprint density at radius 2 is 2.08 bits per heavy atom. The quantitative estimate of drug-likeness (QED) is 0.568. The molecule has 3 nitrogen and oxygen atoms in total. The molecule has 0 unspecified atom stereocenters. The zero-order valence-corrected chi connectivity index (χ0v) is 7.38. The molecule has 1 aromatic rings. The molecule has 0 spiro atoms. The zero-order valence-electron chi connectivity index (χ0n) is 7.38. The van der Waals surface area contributed by atoms with E-state index in [0.717, 1.165) is 11.3 Å². The van der Waals surface area contributed by atoms with Gasteiger partial charge in [-0.2, -0.15) is 5.26 Å². The maximum atomic E-state index is 11.3. The molecular weight excluding hydrogens is 152 g/mol. The minimum atomic E-state index is -0.222. The number of aryl methyl sites for hydroxylation is 1. The molecule has 0 fully saturated rings. The third kappa shape index (κ3) is 1.12. The van der Waals surface area contributed by atoms with Crippen LogP contribution in [0.15, 0.2) is 10.9 Å². The predicted octanol–water partition coefficient (Wildman–Crippen LogP) is 0.874. The fourth-order valence-electron chi connectivity index (χ4n) is 1.06. The summed E-state index contributed by atoms with van der Waals surface area (Å²) in [4.78, 5) is 11.3. The summed E-state index contributed by atoms with van der Waals surface area (Å²) < 4.78 is 1.49. The van der Waals surface area contributed by atoms with Crippen LogP contribution < -0.4 is 5.56 Å². The largest absolute Gasteiger partial charge is 0.315 e. The topological polar surface area (TPSA) is 45.8 Å². The van der Waals surface area contributed by atoms with Crippen molar-refractivity contribution in [2.75, 3.05) is 0 Å². The van der Waals surface area contributed by atoms with Gasteiger partial charge in [-0.3, -0.25) is 4.79 Å². The summed E-state index contributed by atoms with van der Waals surface area (Å²) in [6.45, 7) is 3.74. The van der Waals surface area contributed by atoms with Crippen LogP contribution in [-0.4, -0.2) is 4.57 Å². The van der Waals surface area contributed by atoms with Gasteiger partial charge in [-0.1, -0.05) is 0 Å². The monoisotopic (exact) mass is 162 g/mol. The third-order valence-electron chi connectivity index (χ3n) is 2.09. The van der Waals surface area contributed by atoms with Gasteiger partial charge in [-0.15, -0.1) is 0 Å². The van der Waals surface area contributed by atoms with Crippen molar-refractivity contribution in [1.82, 2.24) is 4.57 Å². The van der Waals surface area contributed by atoms with Crippen molar-refractivity contribution in [3.05, 3.63) is 33.2 Å². The highest BCUT2D eigenvalue weighted by atomic mass is 16.1. The standard InChI is InChI=1S/C9H10N2O/c1-6-4-8(5-10)9(12)11(3)7(6)2/h4H,1-3H3. The number of nitrogens with zero attached hydrogens (tertiary/aromatic N) is 2. The highest BCUT2D eigenvalue weighted by molar-refractivity contribution is 5.32. The average molecular weight is 162 g/mol. The van der Waals surface area contributed by atoms with Gasteiger partial charge in [0.05, 0.1) is 0 Å². The van der Waals surface area contributed by atoms with E-state index in [1.165, 1.54) is 4.57 Å². The van der Waals surface area contributed by atoms with Gasteiger partial charge in [-0.05, 0) is 25.5 Å². The van der Waals surface area contributed by atoms with Crippen LogP contribution in [0.1, 0.15) is 16.8 Å². The first-order chi connectivity index (χ1) is 5.57. The van der Waals surface area contributed by atoms with Gasteiger partial charge >= 0.3 is 0 Å². The molecule has 62 valence electrons. The normalized spacial score (nSPS) is 9.50. The van der Waals surface area contributed by atoms with E-state index in [4.69, 9.17) is 5.26 Å². The second-order valence-electron chi connectivity index (χ2n) is 2.80. The molecule has 0 amide bonds. The fourth-order valence-corrected chi connectivity index (χ4v) is 1.06. The summed E-state index contributed by atoms with van der Waals surface area (Å²) in [6.07, 6.45) is 0. The maximum Gasteiger partial charge on any atom is 0.268 e. The number of hydrogen-bond donors (Lipinski definition) is 0. The Bertz CT molecular complexity index is 410. The highest BCUT2D eigenvalue weighted by Crippen LogP contribution is 2.03. The van der Waals surface area contributed by atoms with Crippen molar-refractivity contribution in [2.24, 2.45) is 7.05 Å². The molecule has 0 aliphatic heterocycles. The van der Waals surface area contributed by atoms with Gasteiger partial charge in [0, 0.05) is 12.7 Å². The summed E-state index contributed by atoms with van der Waals surface area (Å²) in [5.41, 5.74) is 1.86. The van der Waals surface area contributed by atoms with Crippen LogP contribution in [0.25, 0.3) is 0 Å². The SMILES string of the molecule is Cc1cc(C#N)c(=O)n(C)c1C. The lowest BCUT2D eigenvalue weighted by Gasteiger charge is -2.06. The molecule has 1 rings (SSSR count). The van der Waals surface area contributed by atoms with Crippen LogP contribution in [0, 0.1) is 25.2 Å². The van der Waals surface area contributed by atoms with E-state index in [0.29, 0.717) is 0 Å².